The van der Waals surface area contributed by atoms with Crippen molar-refractivity contribution >= 4 is 23.5 Å². The zero-order valence-electron chi connectivity index (χ0n) is 21.1. The Morgan fingerprint density at radius 1 is 1.28 bits per heavy atom. The SMILES string of the molecule is CCCCn1c(N)c(N(C)C(=O)C=Cc2ccc(OCc3c(C)noc3C)c(OC)c2)c(=O)[nH]c1=O. The minimum absolute atomic E-state index is 0.0529. The quantitative estimate of drug-likeness (QED) is 0.407. The lowest BCUT2D eigenvalue weighted by Crippen LogP contribution is -2.38. The van der Waals surface area contributed by atoms with Crippen molar-refractivity contribution < 1.29 is 18.8 Å². The molecule has 192 valence electrons. The number of anilines is 2. The van der Waals surface area contributed by atoms with Crippen LogP contribution in [0.25, 0.3) is 6.08 Å². The van der Waals surface area contributed by atoms with Gasteiger partial charge in [0, 0.05) is 19.7 Å². The molecule has 3 aromatic rings. The third kappa shape index (κ3) is 5.68. The molecule has 1 aromatic carbocycles. The molecule has 0 bridgehead atoms. The number of likely N-dealkylation sites (N-methyl/N-ethyl adjacent to an activating group) is 1. The van der Waals surface area contributed by atoms with Gasteiger partial charge >= 0.3 is 5.69 Å². The van der Waals surface area contributed by atoms with E-state index in [1.54, 1.807) is 24.3 Å². The first-order chi connectivity index (χ1) is 17.2. The predicted octanol–water partition coefficient (Wildman–Crippen LogP) is 2.79. The molecule has 11 heteroatoms. The summed E-state index contributed by atoms with van der Waals surface area (Å²) >= 11 is 0. The minimum Gasteiger partial charge on any atom is -0.493 e. The van der Waals surface area contributed by atoms with Crippen LogP contribution >= 0.6 is 0 Å². The first-order valence-electron chi connectivity index (χ1n) is 11.5. The van der Waals surface area contributed by atoms with Crippen LogP contribution in [0.15, 0.2) is 38.4 Å². The molecule has 0 atom stereocenters. The van der Waals surface area contributed by atoms with Crippen LogP contribution in [0.4, 0.5) is 11.5 Å². The van der Waals surface area contributed by atoms with Crippen molar-refractivity contribution in [1.82, 2.24) is 14.7 Å². The maximum Gasteiger partial charge on any atom is 0.330 e. The number of hydrogen-bond donors (Lipinski definition) is 2. The van der Waals surface area contributed by atoms with Crippen molar-refractivity contribution in [3.63, 3.8) is 0 Å². The molecule has 2 heterocycles. The Balaban J connectivity index is 1.78. The second-order valence-electron chi connectivity index (χ2n) is 8.23. The number of nitrogen functional groups attached to an aromatic ring is 1. The molecule has 36 heavy (non-hydrogen) atoms. The number of benzene rings is 1. The van der Waals surface area contributed by atoms with Gasteiger partial charge in [-0.1, -0.05) is 24.6 Å². The molecule has 0 saturated carbocycles. The van der Waals surface area contributed by atoms with Gasteiger partial charge in [0.2, 0.25) is 0 Å². The predicted molar refractivity (Wildman–Crippen MR) is 136 cm³/mol. The van der Waals surface area contributed by atoms with Crippen molar-refractivity contribution in [2.75, 3.05) is 24.8 Å². The summed E-state index contributed by atoms with van der Waals surface area (Å²) in [6.07, 6.45) is 4.42. The monoisotopic (exact) mass is 497 g/mol. The number of carbonyl (C=O) groups is 1. The molecule has 3 N–H and O–H groups in total. The maximum absolute atomic E-state index is 12.8. The molecule has 0 aliphatic rings. The van der Waals surface area contributed by atoms with E-state index in [0.29, 0.717) is 35.8 Å². The zero-order chi connectivity index (χ0) is 26.4. The number of aryl methyl sites for hydroxylation is 2. The zero-order valence-corrected chi connectivity index (χ0v) is 21.1. The molecule has 1 amide bonds. The number of methoxy groups -OCH3 is 1. The van der Waals surface area contributed by atoms with E-state index in [-0.39, 0.29) is 18.1 Å². The highest BCUT2D eigenvalue weighted by Gasteiger charge is 2.19. The number of nitrogens with two attached hydrogens (primary N) is 1. The standard InChI is InChI=1S/C25H31N5O6/c1-6-7-12-30-23(26)22(24(32)27-25(30)33)29(4)21(31)11-9-17-8-10-19(20(13-17)34-5)35-14-18-15(2)28-36-16(18)3/h8-11,13H,6-7,12,14,26H2,1-5H3,(H,27,32,33). The molecule has 0 spiro atoms. The highest BCUT2D eigenvalue weighted by molar-refractivity contribution is 6.04. The Labute approximate surface area is 208 Å². The van der Waals surface area contributed by atoms with Gasteiger partial charge in [0.05, 0.1) is 18.4 Å². The summed E-state index contributed by atoms with van der Waals surface area (Å²) in [5.74, 6) is 1.14. The third-order valence-corrected chi connectivity index (χ3v) is 5.77. The van der Waals surface area contributed by atoms with Crippen LogP contribution in [0.2, 0.25) is 0 Å². The summed E-state index contributed by atoms with van der Waals surface area (Å²) in [6.45, 7) is 6.25. The van der Waals surface area contributed by atoms with Crippen LogP contribution in [0.1, 0.15) is 42.3 Å². The second kappa shape index (κ2) is 11.4. The average Bonchev–Trinajstić information content (AvgIpc) is 3.17. The summed E-state index contributed by atoms with van der Waals surface area (Å²) in [6, 6.07) is 5.22. The summed E-state index contributed by atoms with van der Waals surface area (Å²) in [4.78, 5) is 40.7. The number of carbonyl (C=O) groups excluding carboxylic acids is 1. The average molecular weight is 498 g/mol. The lowest BCUT2D eigenvalue weighted by Gasteiger charge is -2.19. The van der Waals surface area contributed by atoms with Crippen LogP contribution in [0.5, 0.6) is 11.5 Å². The number of amides is 1. The Kier molecular flexibility index (Phi) is 8.36. The maximum atomic E-state index is 12.8. The van der Waals surface area contributed by atoms with E-state index >= 15 is 0 Å². The molecular formula is C25H31N5O6. The summed E-state index contributed by atoms with van der Waals surface area (Å²) in [5.41, 5.74) is 6.98. The lowest BCUT2D eigenvalue weighted by atomic mass is 10.1. The summed E-state index contributed by atoms with van der Waals surface area (Å²) < 4.78 is 17.7. The fourth-order valence-electron chi connectivity index (χ4n) is 3.59. The van der Waals surface area contributed by atoms with Crippen LogP contribution in [0, 0.1) is 13.8 Å². The molecule has 0 unspecified atom stereocenters. The number of unbranched alkanes of at least 4 members (excludes halogenated alkanes) is 1. The number of rotatable bonds is 10. The van der Waals surface area contributed by atoms with Gasteiger partial charge in [0.25, 0.3) is 11.5 Å². The van der Waals surface area contributed by atoms with Gasteiger partial charge in [0.1, 0.15) is 18.2 Å². The molecule has 0 radical (unpaired) electrons. The van der Waals surface area contributed by atoms with Crippen molar-refractivity contribution in [2.45, 2.75) is 46.8 Å². The van der Waals surface area contributed by atoms with E-state index in [2.05, 4.69) is 10.1 Å². The van der Waals surface area contributed by atoms with Gasteiger partial charge in [-0.15, -0.1) is 0 Å². The Bertz CT molecular complexity index is 1370. The van der Waals surface area contributed by atoms with E-state index in [9.17, 15) is 14.4 Å². The normalized spacial score (nSPS) is 11.1. The molecule has 2 aromatic heterocycles. The Morgan fingerprint density at radius 2 is 2.03 bits per heavy atom. The minimum atomic E-state index is -0.726. The van der Waals surface area contributed by atoms with Crippen LogP contribution in [0.3, 0.4) is 0 Å². The largest absolute Gasteiger partial charge is 0.493 e. The molecular weight excluding hydrogens is 466 g/mol. The van der Waals surface area contributed by atoms with Crippen molar-refractivity contribution in [2.24, 2.45) is 0 Å². The first-order valence-corrected chi connectivity index (χ1v) is 11.5. The number of aromatic nitrogens is 3. The highest BCUT2D eigenvalue weighted by atomic mass is 16.5. The highest BCUT2D eigenvalue weighted by Crippen LogP contribution is 2.30. The molecule has 3 rings (SSSR count). The first kappa shape index (κ1) is 26.3. The molecule has 0 saturated heterocycles. The van der Waals surface area contributed by atoms with Crippen LogP contribution in [-0.4, -0.2) is 34.8 Å². The Morgan fingerprint density at radius 3 is 2.67 bits per heavy atom. The van der Waals surface area contributed by atoms with Gasteiger partial charge in [-0.05, 0) is 44.0 Å². The number of nitrogens with zero attached hydrogens (tertiary/aromatic N) is 3. The van der Waals surface area contributed by atoms with E-state index in [0.717, 1.165) is 22.6 Å². The molecule has 0 fully saturated rings. The third-order valence-electron chi connectivity index (χ3n) is 5.77. The number of hydrogen-bond acceptors (Lipinski definition) is 8. The number of aromatic amines is 1. The lowest BCUT2D eigenvalue weighted by molar-refractivity contribution is -0.113. The summed E-state index contributed by atoms with van der Waals surface area (Å²) in [7, 11) is 2.95. The van der Waals surface area contributed by atoms with Crippen molar-refractivity contribution in [1.29, 1.82) is 0 Å². The second-order valence-corrected chi connectivity index (χ2v) is 8.23. The van der Waals surface area contributed by atoms with Gasteiger partial charge in [0.15, 0.2) is 17.2 Å². The van der Waals surface area contributed by atoms with Gasteiger partial charge in [-0.25, -0.2) is 4.79 Å². The van der Waals surface area contributed by atoms with E-state index in [4.69, 9.17) is 19.7 Å². The van der Waals surface area contributed by atoms with Crippen LogP contribution in [-0.2, 0) is 17.9 Å². The van der Waals surface area contributed by atoms with E-state index in [1.807, 2.05) is 20.8 Å². The molecule has 11 nitrogen and oxygen atoms in total. The number of ether oxygens (including phenoxy) is 2. The molecule has 0 aliphatic carbocycles. The molecule has 0 aliphatic heterocycles. The Hall–Kier alpha value is -4.28. The number of nitrogens with one attached hydrogen (secondary N) is 1. The fourth-order valence-corrected chi connectivity index (χ4v) is 3.59. The summed E-state index contributed by atoms with van der Waals surface area (Å²) in [5, 5.41) is 3.92. The van der Waals surface area contributed by atoms with Crippen molar-refractivity contribution in [3.8, 4) is 11.5 Å². The van der Waals surface area contributed by atoms with E-state index in [1.165, 1.54) is 24.8 Å². The van der Waals surface area contributed by atoms with Gasteiger partial charge in [-0.3, -0.25) is 19.1 Å². The fraction of sp³-hybridized carbons (Fsp3) is 0.360. The van der Waals surface area contributed by atoms with Crippen LogP contribution < -0.4 is 31.4 Å². The van der Waals surface area contributed by atoms with Gasteiger partial charge in [-0.2, -0.15) is 0 Å². The van der Waals surface area contributed by atoms with E-state index < -0.39 is 17.2 Å². The van der Waals surface area contributed by atoms with Crippen molar-refractivity contribution in [3.05, 3.63) is 67.7 Å². The van der Waals surface area contributed by atoms with Gasteiger partial charge < -0.3 is 24.6 Å². The number of H-pyrrole nitrogens is 1. The smallest absolute Gasteiger partial charge is 0.330 e. The topological polar surface area (TPSA) is 146 Å².